The van der Waals surface area contributed by atoms with Crippen LogP contribution in [-0.4, -0.2) is 43.2 Å². The number of carbonyl (C=O) groups excluding carboxylic acids is 1. The molecule has 8 heteroatoms. The second-order valence-electron chi connectivity index (χ2n) is 6.98. The van der Waals surface area contributed by atoms with E-state index in [1.165, 1.54) is 0 Å². The molecule has 1 saturated carbocycles. The van der Waals surface area contributed by atoms with Crippen LogP contribution in [0.15, 0.2) is 30.3 Å². The first-order valence-corrected chi connectivity index (χ1v) is 10.5. The first-order chi connectivity index (χ1) is 12.2. The highest BCUT2D eigenvalue weighted by molar-refractivity contribution is 7.90. The number of carboxylic acid groups (broad SMARTS) is 1. The summed E-state index contributed by atoms with van der Waals surface area (Å²) in [5.74, 6) is -2.19. The molecule has 0 aliphatic heterocycles. The van der Waals surface area contributed by atoms with Gasteiger partial charge in [0.2, 0.25) is 15.9 Å². The van der Waals surface area contributed by atoms with E-state index in [1.54, 1.807) is 24.3 Å². The summed E-state index contributed by atoms with van der Waals surface area (Å²) in [7, 11) is -3.80. The van der Waals surface area contributed by atoms with Crippen LogP contribution in [0.1, 0.15) is 38.2 Å². The summed E-state index contributed by atoms with van der Waals surface area (Å²) in [6.07, 6.45) is 3.52. The molecule has 7 nitrogen and oxygen atoms in total. The highest BCUT2D eigenvalue weighted by Gasteiger charge is 2.27. The monoisotopic (exact) mass is 382 g/mol. The largest absolute Gasteiger partial charge is 0.480 e. The van der Waals surface area contributed by atoms with E-state index in [0.717, 1.165) is 31.2 Å². The standard InChI is InChI=1S/C18H26N2O5S/c1-13-7-9-15(10-8-13)20-26(24,25)12-17(21)19-16(18(22)23)11-14-5-3-2-4-6-14/h2-6,13,15-16,20H,7-12H2,1H3,(H,19,21)(H,22,23)/t13?,15?,16-/m1/s1. The van der Waals surface area contributed by atoms with Crippen LogP contribution >= 0.6 is 0 Å². The molecule has 1 amide bonds. The molecule has 0 radical (unpaired) electrons. The minimum absolute atomic E-state index is 0.0932. The smallest absolute Gasteiger partial charge is 0.326 e. The fraction of sp³-hybridized carbons (Fsp3) is 0.556. The number of carboxylic acids is 1. The van der Waals surface area contributed by atoms with Crippen LogP contribution in [0, 0.1) is 5.92 Å². The van der Waals surface area contributed by atoms with Gasteiger partial charge in [-0.15, -0.1) is 0 Å². The highest BCUT2D eigenvalue weighted by Crippen LogP contribution is 2.23. The van der Waals surface area contributed by atoms with Gasteiger partial charge in [-0.1, -0.05) is 37.3 Å². The summed E-state index contributed by atoms with van der Waals surface area (Å²) < 4.78 is 26.9. The van der Waals surface area contributed by atoms with E-state index >= 15 is 0 Å². The van der Waals surface area contributed by atoms with E-state index in [-0.39, 0.29) is 12.5 Å². The van der Waals surface area contributed by atoms with Crippen molar-refractivity contribution in [3.8, 4) is 0 Å². The molecule has 1 aliphatic carbocycles. The Kier molecular flexibility index (Phi) is 7.16. The zero-order valence-electron chi connectivity index (χ0n) is 14.8. The van der Waals surface area contributed by atoms with Crippen LogP contribution in [0.25, 0.3) is 0 Å². The van der Waals surface area contributed by atoms with Crippen LogP contribution in [0.3, 0.4) is 0 Å². The molecule has 1 atom stereocenters. The number of hydrogen-bond acceptors (Lipinski definition) is 4. The predicted molar refractivity (Wildman–Crippen MR) is 98.1 cm³/mol. The third-order valence-electron chi connectivity index (χ3n) is 4.60. The van der Waals surface area contributed by atoms with Gasteiger partial charge in [0.15, 0.2) is 0 Å². The summed E-state index contributed by atoms with van der Waals surface area (Å²) in [5, 5.41) is 11.6. The summed E-state index contributed by atoms with van der Waals surface area (Å²) in [6.45, 7) is 2.14. The molecule has 0 spiro atoms. The first-order valence-electron chi connectivity index (χ1n) is 8.81. The molecule has 0 saturated heterocycles. The second kappa shape index (κ2) is 9.14. The van der Waals surface area contributed by atoms with E-state index in [1.807, 2.05) is 6.07 Å². The van der Waals surface area contributed by atoms with Gasteiger partial charge < -0.3 is 10.4 Å². The molecule has 144 valence electrons. The summed E-state index contributed by atoms with van der Waals surface area (Å²) >= 11 is 0. The Labute approximate surface area is 154 Å². The van der Waals surface area contributed by atoms with Crippen molar-refractivity contribution in [2.24, 2.45) is 5.92 Å². The normalized spacial score (nSPS) is 21.7. The maximum absolute atomic E-state index is 12.2. The number of amides is 1. The Hall–Kier alpha value is -1.93. The minimum atomic E-state index is -3.80. The van der Waals surface area contributed by atoms with Gasteiger partial charge in [-0.2, -0.15) is 0 Å². The van der Waals surface area contributed by atoms with Crippen molar-refractivity contribution >= 4 is 21.9 Å². The number of nitrogens with one attached hydrogen (secondary N) is 2. The molecule has 26 heavy (non-hydrogen) atoms. The van der Waals surface area contributed by atoms with Crippen molar-refractivity contribution in [1.29, 1.82) is 0 Å². The highest BCUT2D eigenvalue weighted by atomic mass is 32.2. The molecule has 0 heterocycles. The molecule has 0 aromatic heterocycles. The Balaban J connectivity index is 1.89. The summed E-state index contributed by atoms with van der Waals surface area (Å²) in [4.78, 5) is 23.4. The van der Waals surface area contributed by atoms with Crippen molar-refractivity contribution in [2.45, 2.75) is 51.1 Å². The third-order valence-corrected chi connectivity index (χ3v) is 5.93. The molecule has 1 aliphatic rings. The molecular formula is C18H26N2O5S. The van der Waals surface area contributed by atoms with E-state index in [9.17, 15) is 23.1 Å². The van der Waals surface area contributed by atoms with E-state index < -0.39 is 33.7 Å². The quantitative estimate of drug-likeness (QED) is 0.627. The number of benzene rings is 1. The van der Waals surface area contributed by atoms with Crippen molar-refractivity contribution < 1.29 is 23.1 Å². The van der Waals surface area contributed by atoms with Gasteiger partial charge in [-0.3, -0.25) is 4.79 Å². The van der Waals surface area contributed by atoms with E-state index in [2.05, 4.69) is 17.0 Å². The topological polar surface area (TPSA) is 113 Å². The molecule has 0 unspecified atom stereocenters. The lowest BCUT2D eigenvalue weighted by molar-refractivity contribution is -0.141. The molecule has 0 bridgehead atoms. The van der Waals surface area contributed by atoms with Crippen molar-refractivity contribution in [3.63, 3.8) is 0 Å². The zero-order valence-corrected chi connectivity index (χ0v) is 15.7. The zero-order chi connectivity index (χ0) is 19.2. The number of carbonyl (C=O) groups is 2. The van der Waals surface area contributed by atoms with Crippen LogP contribution in [0.4, 0.5) is 0 Å². The van der Waals surface area contributed by atoms with Crippen LogP contribution in [0.5, 0.6) is 0 Å². The molecule has 3 N–H and O–H groups in total. The number of aliphatic carboxylic acids is 1. The fourth-order valence-corrected chi connectivity index (χ4v) is 4.39. The third kappa shape index (κ3) is 6.76. The summed E-state index contributed by atoms with van der Waals surface area (Å²) in [6, 6.07) is 7.54. The lowest BCUT2D eigenvalue weighted by Crippen LogP contribution is -2.47. The van der Waals surface area contributed by atoms with Crippen LogP contribution in [0.2, 0.25) is 0 Å². The fourth-order valence-electron chi connectivity index (χ4n) is 3.13. The van der Waals surface area contributed by atoms with E-state index in [0.29, 0.717) is 5.92 Å². The average Bonchev–Trinajstić information content (AvgIpc) is 2.56. The molecular weight excluding hydrogens is 356 g/mol. The number of hydrogen-bond donors (Lipinski definition) is 3. The number of sulfonamides is 1. The van der Waals surface area contributed by atoms with Gasteiger partial charge in [0.1, 0.15) is 11.8 Å². The lowest BCUT2D eigenvalue weighted by Gasteiger charge is -2.26. The van der Waals surface area contributed by atoms with Crippen LogP contribution in [-0.2, 0) is 26.0 Å². The molecule has 1 fully saturated rings. The second-order valence-corrected chi connectivity index (χ2v) is 8.74. The van der Waals surface area contributed by atoms with Gasteiger partial charge in [0, 0.05) is 12.5 Å². The predicted octanol–water partition coefficient (Wildman–Crippen LogP) is 1.30. The van der Waals surface area contributed by atoms with Crippen molar-refractivity contribution in [3.05, 3.63) is 35.9 Å². The Morgan fingerprint density at radius 3 is 2.35 bits per heavy atom. The van der Waals surface area contributed by atoms with Gasteiger partial charge in [0.25, 0.3) is 0 Å². The van der Waals surface area contributed by atoms with Gasteiger partial charge >= 0.3 is 5.97 Å². The lowest BCUT2D eigenvalue weighted by atomic mass is 9.88. The number of rotatable bonds is 8. The summed E-state index contributed by atoms with van der Waals surface area (Å²) in [5.41, 5.74) is 0.748. The van der Waals surface area contributed by atoms with Crippen molar-refractivity contribution in [1.82, 2.24) is 10.0 Å². The minimum Gasteiger partial charge on any atom is -0.480 e. The molecule has 1 aromatic carbocycles. The maximum atomic E-state index is 12.2. The molecule has 2 rings (SSSR count). The average molecular weight is 382 g/mol. The molecule has 1 aromatic rings. The first kappa shape index (κ1) is 20.4. The SMILES string of the molecule is CC1CCC(NS(=O)(=O)CC(=O)N[C@H](Cc2ccccc2)C(=O)O)CC1. The Morgan fingerprint density at radius 1 is 1.15 bits per heavy atom. The van der Waals surface area contributed by atoms with Crippen molar-refractivity contribution in [2.75, 3.05) is 5.75 Å². The Morgan fingerprint density at radius 2 is 1.77 bits per heavy atom. The van der Waals surface area contributed by atoms with Gasteiger partial charge in [0.05, 0.1) is 0 Å². The van der Waals surface area contributed by atoms with Gasteiger partial charge in [-0.05, 0) is 37.2 Å². The van der Waals surface area contributed by atoms with Gasteiger partial charge in [-0.25, -0.2) is 17.9 Å². The van der Waals surface area contributed by atoms with Crippen LogP contribution < -0.4 is 10.0 Å². The maximum Gasteiger partial charge on any atom is 0.326 e. The Bertz CT molecular complexity index is 712. The van der Waals surface area contributed by atoms with E-state index in [4.69, 9.17) is 0 Å².